The molecule has 1 aliphatic rings. The van der Waals surface area contributed by atoms with E-state index in [9.17, 15) is 4.79 Å². The van der Waals surface area contributed by atoms with Gasteiger partial charge in [-0.25, -0.2) is 0 Å². The molecule has 3 aromatic rings. The van der Waals surface area contributed by atoms with Crippen LogP contribution in [0.1, 0.15) is 12.0 Å². The molecule has 9 heteroatoms. The van der Waals surface area contributed by atoms with Gasteiger partial charge >= 0.3 is 0 Å². The summed E-state index contributed by atoms with van der Waals surface area (Å²) in [6.07, 6.45) is 0.984. The Bertz CT molecular complexity index is 981. The minimum Gasteiger partial charge on any atom is -0.497 e. The second-order valence-electron chi connectivity index (χ2n) is 7.29. The molecule has 162 valence electrons. The largest absolute Gasteiger partial charge is 0.497 e. The van der Waals surface area contributed by atoms with Crippen LogP contribution in [0, 0.1) is 0 Å². The van der Waals surface area contributed by atoms with Crippen LogP contribution in [0.3, 0.4) is 0 Å². The first-order chi connectivity index (χ1) is 15.2. The summed E-state index contributed by atoms with van der Waals surface area (Å²) in [5, 5.41) is 15.4. The topological polar surface area (TPSA) is 79.4 Å². The fourth-order valence-corrected chi connectivity index (χ4v) is 5.03. The number of aromatic nitrogens is 2. The summed E-state index contributed by atoms with van der Waals surface area (Å²) in [6.45, 7) is 2.82. The van der Waals surface area contributed by atoms with Gasteiger partial charge < -0.3 is 15.4 Å². The van der Waals surface area contributed by atoms with Crippen LogP contribution in [0.4, 0.5) is 10.8 Å². The summed E-state index contributed by atoms with van der Waals surface area (Å²) < 4.78 is 5.93. The van der Waals surface area contributed by atoms with Crippen LogP contribution in [0.15, 0.2) is 58.9 Å². The zero-order valence-electron chi connectivity index (χ0n) is 17.3. The number of anilines is 2. The molecule has 1 fully saturated rings. The Morgan fingerprint density at radius 1 is 1.19 bits per heavy atom. The van der Waals surface area contributed by atoms with Crippen LogP contribution in [-0.4, -0.2) is 53.0 Å². The van der Waals surface area contributed by atoms with Crippen molar-refractivity contribution in [2.45, 2.75) is 23.3 Å². The molecular formula is C22H25N5O2S2. The van der Waals surface area contributed by atoms with Gasteiger partial charge in [0.05, 0.1) is 12.9 Å². The molecule has 0 aliphatic carbocycles. The molecule has 2 heterocycles. The third kappa shape index (κ3) is 6.43. The Morgan fingerprint density at radius 2 is 2.00 bits per heavy atom. The highest BCUT2D eigenvalue weighted by atomic mass is 32.2. The molecule has 1 aromatic heterocycles. The van der Waals surface area contributed by atoms with Gasteiger partial charge in [0.1, 0.15) is 5.75 Å². The Kier molecular flexibility index (Phi) is 7.39. The van der Waals surface area contributed by atoms with Crippen molar-refractivity contribution in [3.8, 4) is 5.75 Å². The quantitative estimate of drug-likeness (QED) is 0.476. The number of carbonyl (C=O) groups is 1. The fourth-order valence-electron chi connectivity index (χ4n) is 3.45. The van der Waals surface area contributed by atoms with E-state index in [2.05, 4.69) is 50.0 Å². The van der Waals surface area contributed by atoms with Crippen molar-refractivity contribution in [3.63, 3.8) is 0 Å². The zero-order chi connectivity index (χ0) is 21.5. The predicted molar refractivity (Wildman–Crippen MR) is 125 cm³/mol. The third-order valence-corrected chi connectivity index (χ3v) is 6.93. The lowest BCUT2D eigenvalue weighted by molar-refractivity contribution is -0.119. The van der Waals surface area contributed by atoms with E-state index >= 15 is 0 Å². The van der Waals surface area contributed by atoms with E-state index in [-0.39, 0.29) is 11.9 Å². The molecule has 1 unspecified atom stereocenters. The van der Waals surface area contributed by atoms with Crippen LogP contribution >= 0.6 is 23.1 Å². The minimum absolute atomic E-state index is 0.0384. The molecule has 2 N–H and O–H groups in total. The molecule has 2 aromatic carbocycles. The van der Waals surface area contributed by atoms with E-state index in [1.807, 2.05) is 30.3 Å². The molecule has 31 heavy (non-hydrogen) atoms. The summed E-state index contributed by atoms with van der Waals surface area (Å²) in [6, 6.07) is 18.3. The van der Waals surface area contributed by atoms with Gasteiger partial charge in [-0.15, -0.1) is 10.2 Å². The van der Waals surface area contributed by atoms with Crippen molar-refractivity contribution in [2.24, 2.45) is 0 Å². The maximum atomic E-state index is 12.4. The van der Waals surface area contributed by atoms with Crippen molar-refractivity contribution in [3.05, 3.63) is 60.2 Å². The Hall–Kier alpha value is -2.62. The molecule has 0 saturated carbocycles. The molecule has 1 saturated heterocycles. The molecular weight excluding hydrogens is 430 g/mol. The number of nitrogens with one attached hydrogen (secondary N) is 2. The third-order valence-electron chi connectivity index (χ3n) is 4.96. The van der Waals surface area contributed by atoms with Gasteiger partial charge in [-0.3, -0.25) is 9.69 Å². The second kappa shape index (κ2) is 10.6. The highest BCUT2D eigenvalue weighted by molar-refractivity contribution is 8.01. The number of nitrogens with zero attached hydrogens (tertiary/aromatic N) is 3. The minimum atomic E-state index is 0.0384. The van der Waals surface area contributed by atoms with Crippen molar-refractivity contribution >= 4 is 39.8 Å². The zero-order valence-corrected chi connectivity index (χ0v) is 18.9. The van der Waals surface area contributed by atoms with Gasteiger partial charge in [-0.05, 0) is 36.2 Å². The Labute approximate surface area is 190 Å². The number of methoxy groups -OCH3 is 1. The first kappa shape index (κ1) is 21.6. The number of rotatable bonds is 9. The molecule has 0 spiro atoms. The van der Waals surface area contributed by atoms with Gasteiger partial charge in [0.15, 0.2) is 4.34 Å². The molecule has 1 atom stereocenters. The lowest BCUT2D eigenvalue weighted by Crippen LogP contribution is -2.37. The average molecular weight is 456 g/mol. The number of ether oxygens (including phenoxy) is 1. The van der Waals surface area contributed by atoms with E-state index in [4.69, 9.17) is 4.74 Å². The first-order valence-electron chi connectivity index (χ1n) is 10.1. The SMILES string of the molecule is COc1ccc(Nc2nnc(SCC(=O)NC3CCN(Cc4ccccc4)C3)s2)cc1. The van der Waals surface area contributed by atoms with E-state index in [1.54, 1.807) is 7.11 Å². The summed E-state index contributed by atoms with van der Waals surface area (Å²) in [5.74, 6) is 1.18. The molecule has 0 bridgehead atoms. The summed E-state index contributed by atoms with van der Waals surface area (Å²) in [5.41, 5.74) is 2.22. The summed E-state index contributed by atoms with van der Waals surface area (Å²) >= 11 is 2.85. The lowest BCUT2D eigenvalue weighted by Gasteiger charge is -2.16. The molecule has 1 amide bonds. The summed E-state index contributed by atoms with van der Waals surface area (Å²) in [7, 11) is 1.64. The van der Waals surface area contributed by atoms with Gasteiger partial charge in [0, 0.05) is 31.4 Å². The van der Waals surface area contributed by atoms with Crippen LogP contribution in [-0.2, 0) is 11.3 Å². The number of benzene rings is 2. The van der Waals surface area contributed by atoms with Crippen molar-refractivity contribution < 1.29 is 9.53 Å². The average Bonchev–Trinajstić information content (AvgIpc) is 3.43. The second-order valence-corrected chi connectivity index (χ2v) is 9.49. The highest BCUT2D eigenvalue weighted by Crippen LogP contribution is 2.28. The predicted octanol–water partition coefficient (Wildman–Crippen LogP) is 3.77. The molecule has 0 radical (unpaired) electrons. The highest BCUT2D eigenvalue weighted by Gasteiger charge is 2.23. The molecule has 4 rings (SSSR count). The van der Waals surface area contributed by atoms with Crippen molar-refractivity contribution in [1.29, 1.82) is 0 Å². The van der Waals surface area contributed by atoms with Gasteiger partial charge in [0.2, 0.25) is 11.0 Å². The number of carbonyl (C=O) groups excluding carboxylic acids is 1. The number of thioether (sulfide) groups is 1. The maximum Gasteiger partial charge on any atom is 0.230 e. The molecule has 7 nitrogen and oxygen atoms in total. The van der Waals surface area contributed by atoms with E-state index < -0.39 is 0 Å². The van der Waals surface area contributed by atoms with Gasteiger partial charge in [-0.2, -0.15) is 0 Å². The number of hydrogen-bond acceptors (Lipinski definition) is 8. The fraction of sp³-hybridized carbons (Fsp3) is 0.318. The number of likely N-dealkylation sites (tertiary alicyclic amines) is 1. The van der Waals surface area contributed by atoms with Crippen molar-refractivity contribution in [1.82, 2.24) is 20.4 Å². The standard InChI is InChI=1S/C22H25N5O2S2/c1-29-19-9-7-17(8-10-19)24-21-25-26-22(31-21)30-15-20(28)23-18-11-12-27(14-18)13-16-5-3-2-4-6-16/h2-10,18H,11-15H2,1H3,(H,23,28)(H,24,25). The Balaban J connectivity index is 1.19. The summed E-state index contributed by atoms with van der Waals surface area (Å²) in [4.78, 5) is 14.8. The van der Waals surface area contributed by atoms with E-state index in [0.29, 0.717) is 10.9 Å². The number of hydrogen-bond donors (Lipinski definition) is 2. The van der Waals surface area contributed by atoms with Crippen LogP contribution in [0.5, 0.6) is 5.75 Å². The van der Waals surface area contributed by atoms with Crippen LogP contribution in [0.2, 0.25) is 0 Å². The monoisotopic (exact) mass is 455 g/mol. The maximum absolute atomic E-state index is 12.4. The van der Waals surface area contributed by atoms with Crippen molar-refractivity contribution in [2.75, 3.05) is 31.3 Å². The van der Waals surface area contributed by atoms with E-state index in [1.165, 1.54) is 28.7 Å². The van der Waals surface area contributed by atoms with Gasteiger partial charge in [0.25, 0.3) is 0 Å². The number of amides is 1. The normalized spacial score (nSPS) is 16.2. The van der Waals surface area contributed by atoms with E-state index in [0.717, 1.165) is 41.8 Å². The van der Waals surface area contributed by atoms with Crippen LogP contribution < -0.4 is 15.4 Å². The lowest BCUT2D eigenvalue weighted by atomic mass is 10.2. The Morgan fingerprint density at radius 3 is 2.77 bits per heavy atom. The van der Waals surface area contributed by atoms with Gasteiger partial charge in [-0.1, -0.05) is 53.4 Å². The molecule has 1 aliphatic heterocycles. The van der Waals surface area contributed by atoms with Crippen LogP contribution in [0.25, 0.3) is 0 Å². The first-order valence-corrected chi connectivity index (χ1v) is 11.9. The smallest absolute Gasteiger partial charge is 0.230 e.